The molecule has 0 aromatic carbocycles. The largest absolute Gasteiger partial charge is 0.358 e. The lowest BCUT2D eigenvalue weighted by molar-refractivity contribution is -0.126. The smallest absolute Gasteiger partial charge is 0.242 e. The molecule has 1 saturated heterocycles. The maximum absolute atomic E-state index is 12.3. The summed E-state index contributed by atoms with van der Waals surface area (Å²) in [6.07, 6.45) is 6.43. The number of hydrazine groups is 1. The summed E-state index contributed by atoms with van der Waals surface area (Å²) in [5.74, 6) is 1.05. The van der Waals surface area contributed by atoms with Crippen molar-refractivity contribution in [1.29, 1.82) is 0 Å². The molecule has 2 saturated carbocycles. The zero-order chi connectivity index (χ0) is 18.0. The van der Waals surface area contributed by atoms with Crippen molar-refractivity contribution < 1.29 is 13.2 Å². The minimum Gasteiger partial charge on any atom is -0.358 e. The standard InChI is InChI=1S/C16H28N4O3S2/c1-2-25(22,23)20-7-3-4-13(10-20)15(21)18-19-16(24)17-14-9-11-5-6-12(14)8-11/h11-14H,2-10H2,1H3,(H,18,21)(H2,17,19,24)/t11-,12-,13-,14-/m1/s1. The molecule has 0 aromatic heterocycles. The second-order valence-corrected chi connectivity index (χ2v) is 10.1. The van der Waals surface area contributed by atoms with Crippen LogP contribution in [-0.4, -0.2) is 48.6 Å². The highest BCUT2D eigenvalue weighted by Crippen LogP contribution is 2.44. The molecule has 0 aromatic rings. The van der Waals surface area contributed by atoms with E-state index in [1.165, 1.54) is 23.6 Å². The Balaban J connectivity index is 1.43. The first-order valence-electron chi connectivity index (χ1n) is 9.23. The van der Waals surface area contributed by atoms with Gasteiger partial charge in [0, 0.05) is 19.1 Å². The van der Waals surface area contributed by atoms with E-state index in [-0.39, 0.29) is 24.1 Å². The first-order chi connectivity index (χ1) is 11.9. The molecule has 142 valence electrons. The van der Waals surface area contributed by atoms with E-state index < -0.39 is 10.0 Å². The molecule has 3 N–H and O–H groups in total. The molecule has 3 rings (SSSR count). The number of piperidine rings is 1. The normalized spacial score (nSPS) is 32.4. The molecule has 0 spiro atoms. The number of sulfonamides is 1. The fraction of sp³-hybridized carbons (Fsp3) is 0.875. The summed E-state index contributed by atoms with van der Waals surface area (Å²) in [5.41, 5.74) is 5.43. The van der Waals surface area contributed by atoms with Gasteiger partial charge in [0.2, 0.25) is 15.9 Å². The molecule has 1 amide bonds. The van der Waals surface area contributed by atoms with Crippen LogP contribution in [0, 0.1) is 17.8 Å². The molecular formula is C16H28N4O3S2. The van der Waals surface area contributed by atoms with Gasteiger partial charge in [-0.25, -0.2) is 12.7 Å². The summed E-state index contributed by atoms with van der Waals surface area (Å²) in [7, 11) is -3.24. The van der Waals surface area contributed by atoms with Crippen LogP contribution in [0.15, 0.2) is 0 Å². The van der Waals surface area contributed by atoms with Crippen molar-refractivity contribution in [1.82, 2.24) is 20.5 Å². The Morgan fingerprint density at radius 1 is 1.20 bits per heavy atom. The summed E-state index contributed by atoms with van der Waals surface area (Å²) in [6.45, 7) is 2.37. The number of carbonyl (C=O) groups is 1. The van der Waals surface area contributed by atoms with Gasteiger partial charge in [0.1, 0.15) is 0 Å². The monoisotopic (exact) mass is 388 g/mol. The molecule has 0 radical (unpaired) electrons. The SMILES string of the molecule is CCS(=O)(=O)N1CCC[C@@H](C(=O)NNC(=S)N[C@@H]2C[C@@H]3CC[C@@H]2C3)C1. The number of hydrogen-bond acceptors (Lipinski definition) is 4. The highest BCUT2D eigenvalue weighted by atomic mass is 32.2. The van der Waals surface area contributed by atoms with Crippen LogP contribution in [0.5, 0.6) is 0 Å². The van der Waals surface area contributed by atoms with Gasteiger partial charge in [-0.1, -0.05) is 6.42 Å². The number of nitrogens with one attached hydrogen (secondary N) is 3. The van der Waals surface area contributed by atoms with Crippen LogP contribution in [0.25, 0.3) is 0 Å². The van der Waals surface area contributed by atoms with Crippen molar-refractivity contribution in [3.63, 3.8) is 0 Å². The maximum atomic E-state index is 12.3. The summed E-state index contributed by atoms with van der Waals surface area (Å²) in [6, 6.07) is 0.413. The topological polar surface area (TPSA) is 90.5 Å². The third-order valence-electron chi connectivity index (χ3n) is 5.87. The van der Waals surface area contributed by atoms with Crippen molar-refractivity contribution >= 4 is 33.3 Å². The minimum absolute atomic E-state index is 0.0666. The van der Waals surface area contributed by atoms with Crippen molar-refractivity contribution in [2.24, 2.45) is 17.8 Å². The molecule has 25 heavy (non-hydrogen) atoms. The molecule has 3 aliphatic rings. The van der Waals surface area contributed by atoms with Crippen molar-refractivity contribution in [2.45, 2.75) is 51.5 Å². The molecule has 3 fully saturated rings. The number of carbonyl (C=O) groups excluding carboxylic acids is 1. The lowest BCUT2D eigenvalue weighted by Crippen LogP contribution is -2.54. The summed E-state index contributed by atoms with van der Waals surface area (Å²) in [4.78, 5) is 12.3. The number of hydrogen-bond donors (Lipinski definition) is 3. The van der Waals surface area contributed by atoms with Gasteiger partial charge in [-0.2, -0.15) is 0 Å². The number of amides is 1. The quantitative estimate of drug-likeness (QED) is 0.486. The van der Waals surface area contributed by atoms with E-state index in [0.29, 0.717) is 36.5 Å². The predicted molar refractivity (Wildman–Crippen MR) is 100 cm³/mol. The van der Waals surface area contributed by atoms with Crippen LogP contribution in [0.3, 0.4) is 0 Å². The molecule has 2 bridgehead atoms. The summed E-state index contributed by atoms with van der Waals surface area (Å²) >= 11 is 5.28. The van der Waals surface area contributed by atoms with Crippen LogP contribution in [0.2, 0.25) is 0 Å². The number of fused-ring (bicyclic) bond motifs is 2. The Morgan fingerprint density at radius 2 is 2.00 bits per heavy atom. The summed E-state index contributed by atoms with van der Waals surface area (Å²) < 4.78 is 25.4. The average Bonchev–Trinajstić information content (AvgIpc) is 3.22. The molecule has 0 unspecified atom stereocenters. The predicted octanol–water partition coefficient (Wildman–Crippen LogP) is 0.732. The van der Waals surface area contributed by atoms with Crippen molar-refractivity contribution in [3.05, 3.63) is 0 Å². The van der Waals surface area contributed by atoms with E-state index in [1.54, 1.807) is 6.92 Å². The Labute approximate surface area is 155 Å². The molecule has 1 aliphatic heterocycles. The number of rotatable bonds is 4. The third-order valence-corrected chi connectivity index (χ3v) is 7.93. The highest BCUT2D eigenvalue weighted by molar-refractivity contribution is 7.89. The van der Waals surface area contributed by atoms with Crippen LogP contribution < -0.4 is 16.2 Å². The van der Waals surface area contributed by atoms with Gasteiger partial charge in [0.05, 0.1) is 11.7 Å². The van der Waals surface area contributed by atoms with Crippen molar-refractivity contribution in [2.75, 3.05) is 18.8 Å². The van der Waals surface area contributed by atoms with Gasteiger partial charge in [-0.3, -0.25) is 15.6 Å². The maximum Gasteiger partial charge on any atom is 0.242 e. The van der Waals surface area contributed by atoms with Crippen molar-refractivity contribution in [3.8, 4) is 0 Å². The van der Waals surface area contributed by atoms with E-state index in [4.69, 9.17) is 12.2 Å². The average molecular weight is 389 g/mol. The number of thiocarbonyl (C=S) groups is 1. The molecule has 1 heterocycles. The highest BCUT2D eigenvalue weighted by Gasteiger charge is 2.39. The zero-order valence-electron chi connectivity index (χ0n) is 14.7. The van der Waals surface area contributed by atoms with Gasteiger partial charge < -0.3 is 5.32 Å². The van der Waals surface area contributed by atoms with E-state index in [9.17, 15) is 13.2 Å². The fourth-order valence-corrected chi connectivity index (χ4v) is 5.82. The van der Waals surface area contributed by atoms with Crippen LogP contribution in [-0.2, 0) is 14.8 Å². The Morgan fingerprint density at radius 3 is 2.64 bits per heavy atom. The molecular weight excluding hydrogens is 360 g/mol. The fourth-order valence-electron chi connectivity index (χ4n) is 4.44. The molecule has 9 heteroatoms. The zero-order valence-corrected chi connectivity index (χ0v) is 16.3. The lowest BCUT2D eigenvalue weighted by atomic mass is 9.96. The summed E-state index contributed by atoms with van der Waals surface area (Å²) in [5, 5.41) is 3.75. The van der Waals surface area contributed by atoms with Gasteiger partial charge in [0.15, 0.2) is 5.11 Å². The Hall–Kier alpha value is -0.930. The molecule has 7 nitrogen and oxygen atoms in total. The van der Waals surface area contributed by atoms with E-state index in [1.807, 2.05) is 0 Å². The van der Waals surface area contributed by atoms with Gasteiger partial charge >= 0.3 is 0 Å². The first kappa shape index (κ1) is 18.8. The first-order valence-corrected chi connectivity index (χ1v) is 11.2. The Kier molecular flexibility index (Phi) is 5.85. The van der Waals surface area contributed by atoms with Crippen LogP contribution in [0.1, 0.15) is 45.4 Å². The Bertz CT molecular complexity index is 625. The minimum atomic E-state index is -3.24. The van der Waals surface area contributed by atoms with Gasteiger partial charge in [0.25, 0.3) is 0 Å². The van der Waals surface area contributed by atoms with Gasteiger partial charge in [-0.05, 0) is 63.1 Å². The lowest BCUT2D eigenvalue weighted by Gasteiger charge is -2.31. The van der Waals surface area contributed by atoms with Crippen LogP contribution >= 0.6 is 12.2 Å². The van der Waals surface area contributed by atoms with E-state index in [2.05, 4.69) is 16.2 Å². The molecule has 2 aliphatic carbocycles. The second-order valence-electron chi connectivity index (χ2n) is 7.47. The van der Waals surface area contributed by atoms with E-state index in [0.717, 1.165) is 12.3 Å². The second kappa shape index (κ2) is 7.75. The van der Waals surface area contributed by atoms with Crippen LogP contribution in [0.4, 0.5) is 0 Å². The third kappa shape index (κ3) is 4.43. The number of nitrogens with zero attached hydrogens (tertiary/aromatic N) is 1. The van der Waals surface area contributed by atoms with E-state index >= 15 is 0 Å². The van der Waals surface area contributed by atoms with Gasteiger partial charge in [-0.15, -0.1) is 0 Å². The molecule has 4 atom stereocenters.